The maximum absolute atomic E-state index is 12.5. The highest BCUT2D eigenvalue weighted by Gasteiger charge is 2.06. The van der Waals surface area contributed by atoms with E-state index in [-0.39, 0.29) is 17.7 Å². The first-order valence-electron chi connectivity index (χ1n) is 8.15. The Bertz CT molecular complexity index is 1180. The Morgan fingerprint density at radius 1 is 0.923 bits per heavy atom. The third kappa shape index (κ3) is 3.02. The lowest BCUT2D eigenvalue weighted by atomic mass is 10.1. The fourth-order valence-corrected chi connectivity index (χ4v) is 2.74. The standard InChI is InChI=1S/C19H15N5O2/c25-18-7-6-16(14-4-2-1-3-5-14)22-24(18)11-10-23-13-21-17-12-20-9-8-15(17)19(23)26/h1-9,12-13H,10-11H2. The molecule has 3 aromatic heterocycles. The molecule has 3 heterocycles. The molecule has 128 valence electrons. The van der Waals surface area contributed by atoms with E-state index in [0.29, 0.717) is 23.1 Å². The molecule has 0 aliphatic rings. The molecule has 0 fully saturated rings. The monoisotopic (exact) mass is 345 g/mol. The summed E-state index contributed by atoms with van der Waals surface area (Å²) in [5.41, 5.74) is 1.81. The van der Waals surface area contributed by atoms with E-state index in [0.717, 1.165) is 5.56 Å². The van der Waals surface area contributed by atoms with Crippen molar-refractivity contribution in [3.05, 3.63) is 88.0 Å². The Morgan fingerprint density at radius 3 is 2.62 bits per heavy atom. The molecule has 0 spiro atoms. The Morgan fingerprint density at radius 2 is 1.77 bits per heavy atom. The number of fused-ring (bicyclic) bond motifs is 1. The van der Waals surface area contributed by atoms with Crippen molar-refractivity contribution < 1.29 is 0 Å². The van der Waals surface area contributed by atoms with Gasteiger partial charge in [0.1, 0.15) is 0 Å². The lowest BCUT2D eigenvalue weighted by Gasteiger charge is -2.09. The van der Waals surface area contributed by atoms with Gasteiger partial charge in [-0.15, -0.1) is 0 Å². The minimum atomic E-state index is -0.212. The van der Waals surface area contributed by atoms with E-state index in [9.17, 15) is 9.59 Å². The van der Waals surface area contributed by atoms with Crippen molar-refractivity contribution in [2.45, 2.75) is 13.1 Å². The number of nitrogens with zero attached hydrogens (tertiary/aromatic N) is 5. The maximum Gasteiger partial charge on any atom is 0.266 e. The first-order chi connectivity index (χ1) is 12.7. The van der Waals surface area contributed by atoms with Gasteiger partial charge in [-0.25, -0.2) is 9.67 Å². The van der Waals surface area contributed by atoms with Gasteiger partial charge in [-0.1, -0.05) is 30.3 Å². The molecule has 0 saturated carbocycles. The first-order valence-corrected chi connectivity index (χ1v) is 8.15. The molecule has 0 radical (unpaired) electrons. The van der Waals surface area contributed by atoms with Crippen LogP contribution in [-0.4, -0.2) is 24.3 Å². The highest BCUT2D eigenvalue weighted by molar-refractivity contribution is 5.75. The Balaban J connectivity index is 1.63. The minimum Gasteiger partial charge on any atom is -0.297 e. The molecule has 1 aromatic carbocycles. The zero-order chi connectivity index (χ0) is 17.9. The van der Waals surface area contributed by atoms with Gasteiger partial charge in [0.15, 0.2) is 0 Å². The van der Waals surface area contributed by atoms with E-state index in [1.54, 1.807) is 24.5 Å². The fraction of sp³-hybridized carbons (Fsp3) is 0.105. The lowest BCUT2D eigenvalue weighted by Crippen LogP contribution is -2.28. The van der Waals surface area contributed by atoms with Gasteiger partial charge in [0.2, 0.25) is 0 Å². The van der Waals surface area contributed by atoms with Crippen molar-refractivity contribution in [2.75, 3.05) is 0 Å². The summed E-state index contributed by atoms with van der Waals surface area (Å²) in [6.07, 6.45) is 4.58. The van der Waals surface area contributed by atoms with E-state index < -0.39 is 0 Å². The van der Waals surface area contributed by atoms with Crippen molar-refractivity contribution in [3.63, 3.8) is 0 Å². The van der Waals surface area contributed by atoms with Crippen molar-refractivity contribution >= 4 is 10.9 Å². The second kappa shape index (κ2) is 6.72. The van der Waals surface area contributed by atoms with E-state index in [1.165, 1.54) is 21.6 Å². The topological polar surface area (TPSA) is 82.7 Å². The van der Waals surface area contributed by atoms with Gasteiger partial charge in [-0.05, 0) is 12.1 Å². The SMILES string of the molecule is O=c1c2ccncc2ncn1CCn1nc(-c2ccccc2)ccc1=O. The number of pyridine rings is 1. The van der Waals surface area contributed by atoms with E-state index in [4.69, 9.17) is 0 Å². The Kier molecular flexibility index (Phi) is 4.10. The van der Waals surface area contributed by atoms with Crippen LogP contribution in [0.1, 0.15) is 0 Å². The second-order valence-corrected chi connectivity index (χ2v) is 5.78. The van der Waals surface area contributed by atoms with Crippen LogP contribution in [0.15, 0.2) is 76.8 Å². The zero-order valence-corrected chi connectivity index (χ0v) is 13.8. The van der Waals surface area contributed by atoms with Crippen molar-refractivity contribution in [2.24, 2.45) is 0 Å². The predicted molar refractivity (Wildman–Crippen MR) is 97.7 cm³/mol. The molecule has 0 aliphatic heterocycles. The minimum absolute atomic E-state index is 0.162. The van der Waals surface area contributed by atoms with Crippen molar-refractivity contribution in [1.82, 2.24) is 24.3 Å². The normalized spacial score (nSPS) is 10.9. The summed E-state index contributed by atoms with van der Waals surface area (Å²) >= 11 is 0. The van der Waals surface area contributed by atoms with Crippen LogP contribution in [0.2, 0.25) is 0 Å². The van der Waals surface area contributed by atoms with Gasteiger partial charge in [-0.2, -0.15) is 5.10 Å². The molecule has 7 nitrogen and oxygen atoms in total. The number of aryl methyl sites for hydroxylation is 2. The van der Waals surface area contributed by atoms with Crippen LogP contribution in [0.5, 0.6) is 0 Å². The third-order valence-electron chi connectivity index (χ3n) is 4.12. The zero-order valence-electron chi connectivity index (χ0n) is 13.8. The first kappa shape index (κ1) is 15.9. The van der Waals surface area contributed by atoms with E-state index in [2.05, 4.69) is 15.1 Å². The summed E-state index contributed by atoms with van der Waals surface area (Å²) in [5, 5.41) is 4.91. The van der Waals surface area contributed by atoms with Gasteiger partial charge in [-0.3, -0.25) is 19.1 Å². The van der Waals surface area contributed by atoms with Crippen LogP contribution in [0.4, 0.5) is 0 Å². The quantitative estimate of drug-likeness (QED) is 0.562. The Labute approximate surface area is 148 Å². The molecule has 0 saturated heterocycles. The van der Waals surface area contributed by atoms with E-state index in [1.807, 2.05) is 30.3 Å². The summed E-state index contributed by atoms with van der Waals surface area (Å²) in [6.45, 7) is 0.576. The number of aromatic nitrogens is 5. The van der Waals surface area contributed by atoms with Gasteiger partial charge in [0, 0.05) is 24.4 Å². The molecular weight excluding hydrogens is 330 g/mol. The summed E-state index contributed by atoms with van der Waals surface area (Å²) < 4.78 is 2.84. The van der Waals surface area contributed by atoms with Gasteiger partial charge < -0.3 is 0 Å². The summed E-state index contributed by atoms with van der Waals surface area (Å²) in [7, 11) is 0. The average Bonchev–Trinajstić information content (AvgIpc) is 2.69. The van der Waals surface area contributed by atoms with Crippen LogP contribution in [-0.2, 0) is 13.1 Å². The fourth-order valence-electron chi connectivity index (χ4n) is 2.74. The molecule has 0 bridgehead atoms. The Hall–Kier alpha value is -3.61. The summed E-state index contributed by atoms with van der Waals surface area (Å²) in [6, 6.07) is 14.5. The molecule has 0 unspecified atom stereocenters. The van der Waals surface area contributed by atoms with Gasteiger partial charge in [0.05, 0.1) is 35.7 Å². The number of rotatable bonds is 4. The van der Waals surface area contributed by atoms with Gasteiger partial charge >= 0.3 is 0 Å². The molecule has 4 rings (SSSR count). The average molecular weight is 345 g/mol. The molecule has 0 aliphatic carbocycles. The molecule has 0 atom stereocenters. The maximum atomic E-state index is 12.5. The molecular formula is C19H15N5O2. The number of hydrogen-bond acceptors (Lipinski definition) is 5. The van der Waals surface area contributed by atoms with Crippen molar-refractivity contribution in [1.29, 1.82) is 0 Å². The third-order valence-corrected chi connectivity index (χ3v) is 4.12. The lowest BCUT2D eigenvalue weighted by molar-refractivity contribution is 0.502. The number of hydrogen-bond donors (Lipinski definition) is 0. The molecule has 4 aromatic rings. The molecule has 0 amide bonds. The van der Waals surface area contributed by atoms with Gasteiger partial charge in [0.25, 0.3) is 11.1 Å². The smallest absolute Gasteiger partial charge is 0.266 e. The van der Waals surface area contributed by atoms with Crippen LogP contribution in [0.3, 0.4) is 0 Å². The van der Waals surface area contributed by atoms with Crippen LogP contribution < -0.4 is 11.1 Å². The molecule has 26 heavy (non-hydrogen) atoms. The summed E-state index contributed by atoms with van der Waals surface area (Å²) in [5.74, 6) is 0. The largest absolute Gasteiger partial charge is 0.297 e. The number of benzene rings is 1. The molecule has 0 N–H and O–H groups in total. The van der Waals surface area contributed by atoms with Crippen LogP contribution in [0, 0.1) is 0 Å². The highest BCUT2D eigenvalue weighted by atomic mass is 16.1. The highest BCUT2D eigenvalue weighted by Crippen LogP contribution is 2.13. The second-order valence-electron chi connectivity index (χ2n) is 5.78. The predicted octanol–water partition coefficient (Wildman–Crippen LogP) is 1.72. The van der Waals surface area contributed by atoms with Crippen LogP contribution in [0.25, 0.3) is 22.2 Å². The van der Waals surface area contributed by atoms with E-state index >= 15 is 0 Å². The summed E-state index contributed by atoms with van der Waals surface area (Å²) in [4.78, 5) is 32.8. The van der Waals surface area contributed by atoms with Crippen LogP contribution >= 0.6 is 0 Å². The molecule has 7 heteroatoms. The van der Waals surface area contributed by atoms with Crippen molar-refractivity contribution in [3.8, 4) is 11.3 Å².